The SMILES string of the molecule is COc1ccc(-c2nn(-c3ccccc3)cc2C(=O)Nc2nncs2)c(OC)c1. The average Bonchev–Trinajstić information content (AvgIpc) is 3.44. The average molecular weight is 407 g/mol. The number of nitrogens with one attached hydrogen (secondary N) is 1. The number of ether oxygens (including phenoxy) is 2. The predicted octanol–water partition coefficient (Wildman–Crippen LogP) is 3.66. The summed E-state index contributed by atoms with van der Waals surface area (Å²) in [7, 11) is 3.15. The van der Waals surface area contributed by atoms with Crippen LogP contribution in [0.25, 0.3) is 16.9 Å². The molecule has 8 nitrogen and oxygen atoms in total. The van der Waals surface area contributed by atoms with Crippen molar-refractivity contribution < 1.29 is 14.3 Å². The number of methoxy groups -OCH3 is 2. The Labute approximate surface area is 170 Å². The van der Waals surface area contributed by atoms with Crippen molar-refractivity contribution in [2.24, 2.45) is 0 Å². The molecule has 0 atom stereocenters. The third-order valence-corrected chi connectivity index (χ3v) is 4.83. The lowest BCUT2D eigenvalue weighted by Crippen LogP contribution is -2.12. The monoisotopic (exact) mass is 407 g/mol. The van der Waals surface area contributed by atoms with E-state index in [1.807, 2.05) is 36.4 Å². The Morgan fingerprint density at radius 3 is 2.62 bits per heavy atom. The maximum atomic E-state index is 13.0. The summed E-state index contributed by atoms with van der Waals surface area (Å²) in [6, 6.07) is 14.9. The van der Waals surface area contributed by atoms with Crippen molar-refractivity contribution in [2.45, 2.75) is 0 Å². The highest BCUT2D eigenvalue weighted by Gasteiger charge is 2.22. The molecule has 4 rings (SSSR count). The molecule has 9 heteroatoms. The van der Waals surface area contributed by atoms with Crippen LogP contribution >= 0.6 is 11.3 Å². The summed E-state index contributed by atoms with van der Waals surface area (Å²) in [6.45, 7) is 0. The standard InChI is InChI=1S/C20H17N5O3S/c1-27-14-8-9-15(17(10-14)28-2)18-16(19(26)22-20-23-21-12-29-20)11-25(24-18)13-6-4-3-5-7-13/h3-12H,1-2H3,(H,22,23,26). The molecule has 29 heavy (non-hydrogen) atoms. The molecule has 1 N–H and O–H groups in total. The summed E-state index contributed by atoms with van der Waals surface area (Å²) in [5, 5.41) is 15.5. The zero-order valence-electron chi connectivity index (χ0n) is 15.7. The number of aromatic nitrogens is 4. The van der Waals surface area contributed by atoms with Crippen LogP contribution < -0.4 is 14.8 Å². The number of anilines is 1. The highest BCUT2D eigenvalue weighted by Crippen LogP contribution is 2.35. The van der Waals surface area contributed by atoms with Gasteiger partial charge in [0.05, 0.1) is 25.5 Å². The molecule has 0 aliphatic rings. The second-order valence-electron chi connectivity index (χ2n) is 5.94. The summed E-state index contributed by atoms with van der Waals surface area (Å²) in [4.78, 5) is 13.0. The molecule has 0 aliphatic carbocycles. The van der Waals surface area contributed by atoms with Crippen molar-refractivity contribution in [1.82, 2.24) is 20.0 Å². The van der Waals surface area contributed by atoms with Crippen LogP contribution in [0.2, 0.25) is 0 Å². The number of para-hydroxylation sites is 1. The van der Waals surface area contributed by atoms with Gasteiger partial charge in [0.25, 0.3) is 5.91 Å². The molecule has 2 aromatic heterocycles. The minimum atomic E-state index is -0.336. The van der Waals surface area contributed by atoms with E-state index in [0.29, 0.717) is 33.5 Å². The zero-order chi connectivity index (χ0) is 20.2. The number of carbonyl (C=O) groups excluding carboxylic acids is 1. The van der Waals surface area contributed by atoms with Crippen LogP contribution in [0, 0.1) is 0 Å². The van der Waals surface area contributed by atoms with Crippen LogP contribution in [0.3, 0.4) is 0 Å². The van der Waals surface area contributed by atoms with Crippen LogP contribution in [-0.4, -0.2) is 40.1 Å². The van der Waals surface area contributed by atoms with Gasteiger partial charge in [-0.1, -0.05) is 29.5 Å². The molecule has 0 aliphatic heterocycles. The maximum Gasteiger partial charge on any atom is 0.261 e. The number of rotatable bonds is 6. The smallest absolute Gasteiger partial charge is 0.261 e. The first kappa shape index (κ1) is 18.6. The summed E-state index contributed by atoms with van der Waals surface area (Å²) in [5.41, 5.74) is 3.92. The Hall–Kier alpha value is -3.72. The van der Waals surface area contributed by atoms with Crippen LogP contribution in [-0.2, 0) is 0 Å². The Balaban J connectivity index is 1.83. The Kier molecular flexibility index (Phi) is 5.21. The van der Waals surface area contributed by atoms with Crippen molar-refractivity contribution in [1.29, 1.82) is 0 Å². The van der Waals surface area contributed by atoms with Gasteiger partial charge < -0.3 is 9.47 Å². The fourth-order valence-electron chi connectivity index (χ4n) is 2.84. The van der Waals surface area contributed by atoms with Gasteiger partial charge in [0.2, 0.25) is 5.13 Å². The van der Waals surface area contributed by atoms with E-state index in [1.165, 1.54) is 11.3 Å². The van der Waals surface area contributed by atoms with Crippen molar-refractivity contribution >= 4 is 22.4 Å². The first-order valence-corrected chi connectivity index (χ1v) is 9.52. The summed E-state index contributed by atoms with van der Waals surface area (Å²) in [5.74, 6) is 0.859. The second kappa shape index (κ2) is 8.11. The van der Waals surface area contributed by atoms with E-state index in [-0.39, 0.29) is 5.91 Å². The fourth-order valence-corrected chi connectivity index (χ4v) is 3.28. The quantitative estimate of drug-likeness (QED) is 0.525. The maximum absolute atomic E-state index is 13.0. The van der Waals surface area contributed by atoms with E-state index in [2.05, 4.69) is 20.6 Å². The minimum Gasteiger partial charge on any atom is -0.497 e. The molecule has 2 aromatic carbocycles. The molecule has 0 radical (unpaired) electrons. The van der Waals surface area contributed by atoms with Gasteiger partial charge in [-0.25, -0.2) is 4.68 Å². The lowest BCUT2D eigenvalue weighted by molar-refractivity contribution is 0.102. The number of hydrogen-bond donors (Lipinski definition) is 1. The number of hydrogen-bond acceptors (Lipinski definition) is 7. The number of benzene rings is 2. The normalized spacial score (nSPS) is 10.6. The number of carbonyl (C=O) groups is 1. The van der Waals surface area contributed by atoms with E-state index in [4.69, 9.17) is 9.47 Å². The molecule has 0 saturated carbocycles. The van der Waals surface area contributed by atoms with Crippen LogP contribution in [0.1, 0.15) is 10.4 Å². The first-order chi connectivity index (χ1) is 14.2. The molecule has 0 fully saturated rings. The second-order valence-corrected chi connectivity index (χ2v) is 6.77. The molecule has 0 saturated heterocycles. The third-order valence-electron chi connectivity index (χ3n) is 4.22. The third kappa shape index (κ3) is 3.81. The Bertz CT molecular complexity index is 1130. The van der Waals surface area contributed by atoms with Crippen molar-refractivity contribution in [3.05, 3.63) is 65.8 Å². The van der Waals surface area contributed by atoms with Gasteiger partial charge in [0, 0.05) is 17.8 Å². The Morgan fingerprint density at radius 1 is 1.10 bits per heavy atom. The molecule has 0 unspecified atom stereocenters. The van der Waals surface area contributed by atoms with Gasteiger partial charge in [-0.3, -0.25) is 10.1 Å². The lowest BCUT2D eigenvalue weighted by Gasteiger charge is -2.10. The van der Waals surface area contributed by atoms with Gasteiger partial charge in [0.15, 0.2) is 0 Å². The molecule has 0 spiro atoms. The van der Waals surface area contributed by atoms with Crippen molar-refractivity contribution in [3.63, 3.8) is 0 Å². The summed E-state index contributed by atoms with van der Waals surface area (Å²) < 4.78 is 12.4. The zero-order valence-corrected chi connectivity index (χ0v) is 16.5. The summed E-state index contributed by atoms with van der Waals surface area (Å²) >= 11 is 1.24. The molecule has 4 aromatic rings. The Morgan fingerprint density at radius 2 is 1.93 bits per heavy atom. The van der Waals surface area contributed by atoms with E-state index in [0.717, 1.165) is 5.69 Å². The topological polar surface area (TPSA) is 91.2 Å². The van der Waals surface area contributed by atoms with Crippen LogP contribution in [0.15, 0.2) is 60.2 Å². The van der Waals surface area contributed by atoms with E-state index in [9.17, 15) is 4.79 Å². The van der Waals surface area contributed by atoms with Crippen molar-refractivity contribution in [2.75, 3.05) is 19.5 Å². The first-order valence-electron chi connectivity index (χ1n) is 8.64. The van der Waals surface area contributed by atoms with E-state index in [1.54, 1.807) is 42.7 Å². The van der Waals surface area contributed by atoms with Gasteiger partial charge in [-0.15, -0.1) is 10.2 Å². The van der Waals surface area contributed by atoms with Gasteiger partial charge in [-0.05, 0) is 24.3 Å². The van der Waals surface area contributed by atoms with Gasteiger partial charge in [-0.2, -0.15) is 5.10 Å². The van der Waals surface area contributed by atoms with Gasteiger partial charge in [0.1, 0.15) is 22.7 Å². The molecular formula is C20H17N5O3S. The highest BCUT2D eigenvalue weighted by atomic mass is 32.1. The predicted molar refractivity (Wildman–Crippen MR) is 110 cm³/mol. The molecule has 0 bridgehead atoms. The molecular weight excluding hydrogens is 390 g/mol. The van der Waals surface area contributed by atoms with E-state index < -0.39 is 0 Å². The molecule has 2 heterocycles. The highest BCUT2D eigenvalue weighted by molar-refractivity contribution is 7.13. The van der Waals surface area contributed by atoms with Crippen LogP contribution in [0.5, 0.6) is 11.5 Å². The van der Waals surface area contributed by atoms with Crippen LogP contribution in [0.4, 0.5) is 5.13 Å². The largest absolute Gasteiger partial charge is 0.497 e. The van der Waals surface area contributed by atoms with Gasteiger partial charge >= 0.3 is 0 Å². The number of nitrogens with zero attached hydrogens (tertiary/aromatic N) is 4. The minimum absolute atomic E-state index is 0.336. The van der Waals surface area contributed by atoms with E-state index >= 15 is 0 Å². The summed E-state index contributed by atoms with van der Waals surface area (Å²) in [6.07, 6.45) is 1.69. The molecule has 146 valence electrons. The van der Waals surface area contributed by atoms with Crippen molar-refractivity contribution in [3.8, 4) is 28.4 Å². The fraction of sp³-hybridized carbons (Fsp3) is 0.100. The lowest BCUT2D eigenvalue weighted by atomic mass is 10.1. The molecule has 1 amide bonds. The number of amides is 1.